The van der Waals surface area contributed by atoms with Gasteiger partial charge in [0.05, 0.1) is 0 Å². The van der Waals surface area contributed by atoms with Crippen molar-refractivity contribution in [3.8, 4) is 0 Å². The van der Waals surface area contributed by atoms with Gasteiger partial charge in [-0.05, 0) is 6.92 Å². The van der Waals surface area contributed by atoms with Gasteiger partial charge in [0.1, 0.15) is 0 Å². The first-order valence-corrected chi connectivity index (χ1v) is 2.21. The molecular formula is C5H11NO4. The van der Waals surface area contributed by atoms with E-state index in [1.54, 1.807) is 6.08 Å². The molecule has 0 aromatic carbocycles. The first-order valence-electron chi connectivity index (χ1n) is 2.21. The number of carbonyl (C=O) groups excluding carboxylic acids is 1. The Morgan fingerprint density at radius 2 is 1.60 bits per heavy atom. The quantitative estimate of drug-likeness (QED) is 0.345. The minimum Gasteiger partial charge on any atom is -0.450 e. The van der Waals surface area contributed by atoms with Gasteiger partial charge in [0.2, 0.25) is 6.41 Å². The second kappa shape index (κ2) is 25.9. The monoisotopic (exact) mass is 149 g/mol. The third kappa shape index (κ3) is 84.2. The smallest absolute Gasteiger partial charge is 0.450 e. The molecule has 0 rings (SSSR count). The fourth-order valence-electron chi connectivity index (χ4n) is 0. The van der Waals surface area contributed by atoms with E-state index in [0.29, 0.717) is 0 Å². The van der Waals surface area contributed by atoms with Crippen molar-refractivity contribution >= 4 is 12.6 Å². The molecule has 0 aromatic rings. The molecule has 0 saturated heterocycles. The molecule has 0 aromatic heterocycles. The van der Waals surface area contributed by atoms with Crippen LogP contribution in [0.2, 0.25) is 0 Å². The van der Waals surface area contributed by atoms with Crippen LogP contribution in [0.4, 0.5) is 4.79 Å². The highest BCUT2D eigenvalue weighted by Crippen LogP contribution is 1.42. The van der Waals surface area contributed by atoms with Gasteiger partial charge in [0.25, 0.3) is 0 Å². The Labute approximate surface area is 58.8 Å². The second-order valence-electron chi connectivity index (χ2n) is 0.827. The molecule has 10 heavy (non-hydrogen) atoms. The zero-order valence-electron chi connectivity index (χ0n) is 5.65. The SMILES string of the molecule is C=CC.NC=O.O=C(O)O. The van der Waals surface area contributed by atoms with Gasteiger partial charge in [-0.15, -0.1) is 6.58 Å². The summed E-state index contributed by atoms with van der Waals surface area (Å²) in [6, 6.07) is 0. The van der Waals surface area contributed by atoms with Crippen LogP contribution < -0.4 is 5.73 Å². The number of hydrogen-bond donors (Lipinski definition) is 3. The molecule has 5 heteroatoms. The number of allylic oxidation sites excluding steroid dienone is 1. The largest absolute Gasteiger partial charge is 0.503 e. The molecule has 0 saturated carbocycles. The van der Waals surface area contributed by atoms with E-state index in [1.807, 2.05) is 6.92 Å². The number of carbonyl (C=O) groups is 2. The summed E-state index contributed by atoms with van der Waals surface area (Å²) in [6.07, 6.45) is 0.167. The van der Waals surface area contributed by atoms with Crippen LogP contribution in [0.3, 0.4) is 0 Å². The van der Waals surface area contributed by atoms with E-state index in [9.17, 15) is 0 Å². The molecule has 0 spiro atoms. The summed E-state index contributed by atoms with van der Waals surface area (Å²) < 4.78 is 0. The lowest BCUT2D eigenvalue weighted by atomic mass is 10.8. The second-order valence-corrected chi connectivity index (χ2v) is 0.827. The Kier molecular flexibility index (Phi) is 41.0. The van der Waals surface area contributed by atoms with Gasteiger partial charge in [0.15, 0.2) is 0 Å². The summed E-state index contributed by atoms with van der Waals surface area (Å²) >= 11 is 0. The first-order chi connectivity index (χ1) is 4.56. The minimum atomic E-state index is -1.83. The number of carboxylic acid groups (broad SMARTS) is 2. The Balaban J connectivity index is -0.0000000750. The van der Waals surface area contributed by atoms with Crippen LogP contribution in [0.25, 0.3) is 0 Å². The molecule has 1 amide bonds. The fourth-order valence-corrected chi connectivity index (χ4v) is 0. The predicted molar refractivity (Wildman–Crippen MR) is 36.8 cm³/mol. The van der Waals surface area contributed by atoms with Gasteiger partial charge in [-0.25, -0.2) is 4.79 Å². The number of hydrogen-bond acceptors (Lipinski definition) is 2. The summed E-state index contributed by atoms with van der Waals surface area (Å²) in [5.41, 5.74) is 4.17. The highest BCUT2D eigenvalue weighted by molar-refractivity contribution is 5.53. The average Bonchev–Trinajstić information content (AvgIpc) is 1.65. The highest BCUT2D eigenvalue weighted by Gasteiger charge is 1.70. The Bertz CT molecular complexity index is 81.6. The van der Waals surface area contributed by atoms with Gasteiger partial charge in [-0.3, -0.25) is 4.79 Å². The maximum absolute atomic E-state index is 8.58. The third-order valence-electron chi connectivity index (χ3n) is 0. The van der Waals surface area contributed by atoms with Crippen LogP contribution in [-0.2, 0) is 4.79 Å². The Hall–Kier alpha value is -1.52. The lowest BCUT2D eigenvalue weighted by Gasteiger charge is -1.60. The fraction of sp³-hybridized carbons (Fsp3) is 0.200. The van der Waals surface area contributed by atoms with Gasteiger partial charge in [-0.2, -0.15) is 0 Å². The normalized spacial score (nSPS) is 4.90. The number of rotatable bonds is 0. The molecule has 0 unspecified atom stereocenters. The number of amides is 1. The molecule has 60 valence electrons. The van der Waals surface area contributed by atoms with E-state index < -0.39 is 6.16 Å². The topological polar surface area (TPSA) is 101 Å². The average molecular weight is 149 g/mol. The van der Waals surface area contributed by atoms with Crippen LogP contribution in [0.5, 0.6) is 0 Å². The lowest BCUT2D eigenvalue weighted by Crippen LogP contribution is -1.82. The van der Waals surface area contributed by atoms with E-state index in [1.165, 1.54) is 0 Å². The molecule has 0 atom stereocenters. The van der Waals surface area contributed by atoms with E-state index in [2.05, 4.69) is 12.3 Å². The van der Waals surface area contributed by atoms with Crippen molar-refractivity contribution < 1.29 is 19.8 Å². The molecule has 0 aliphatic carbocycles. The van der Waals surface area contributed by atoms with E-state index in [-0.39, 0.29) is 6.41 Å². The number of nitrogens with two attached hydrogens (primary N) is 1. The summed E-state index contributed by atoms with van der Waals surface area (Å²) in [5, 5.41) is 13.9. The van der Waals surface area contributed by atoms with Crippen molar-refractivity contribution in [1.29, 1.82) is 0 Å². The molecule has 5 nitrogen and oxygen atoms in total. The van der Waals surface area contributed by atoms with Crippen LogP contribution in [0.15, 0.2) is 12.7 Å². The van der Waals surface area contributed by atoms with Crippen molar-refractivity contribution in [3.05, 3.63) is 12.7 Å². The third-order valence-corrected chi connectivity index (χ3v) is 0. The molecule has 0 bridgehead atoms. The van der Waals surface area contributed by atoms with Gasteiger partial charge in [0, 0.05) is 0 Å². The molecule has 0 aliphatic rings. The maximum Gasteiger partial charge on any atom is 0.503 e. The van der Waals surface area contributed by atoms with Crippen LogP contribution >= 0.6 is 0 Å². The first kappa shape index (κ1) is 15.8. The molecule has 0 aliphatic heterocycles. The van der Waals surface area contributed by atoms with Crippen molar-refractivity contribution in [2.24, 2.45) is 5.73 Å². The predicted octanol–water partition coefficient (Wildman–Crippen LogP) is 0.516. The van der Waals surface area contributed by atoms with Crippen LogP contribution in [0.1, 0.15) is 6.92 Å². The molecule has 0 fully saturated rings. The van der Waals surface area contributed by atoms with Crippen LogP contribution in [-0.4, -0.2) is 22.8 Å². The molecule has 0 radical (unpaired) electrons. The molecule has 4 N–H and O–H groups in total. The van der Waals surface area contributed by atoms with E-state index >= 15 is 0 Å². The lowest BCUT2D eigenvalue weighted by molar-refractivity contribution is -0.106. The van der Waals surface area contributed by atoms with Gasteiger partial charge >= 0.3 is 6.16 Å². The van der Waals surface area contributed by atoms with Gasteiger partial charge < -0.3 is 15.9 Å². The highest BCUT2D eigenvalue weighted by atomic mass is 16.6. The summed E-state index contributed by atoms with van der Waals surface area (Å²) in [7, 11) is 0. The van der Waals surface area contributed by atoms with E-state index in [0.717, 1.165) is 0 Å². The summed E-state index contributed by atoms with van der Waals surface area (Å²) in [6.45, 7) is 5.25. The Morgan fingerprint density at radius 1 is 1.60 bits per heavy atom. The molecule has 0 heterocycles. The minimum absolute atomic E-state index is 0.250. The maximum atomic E-state index is 8.58. The van der Waals surface area contributed by atoms with Crippen molar-refractivity contribution in [1.82, 2.24) is 0 Å². The zero-order chi connectivity index (χ0) is 8.99. The summed E-state index contributed by atoms with van der Waals surface area (Å²) in [5.74, 6) is 0. The van der Waals surface area contributed by atoms with Gasteiger partial charge in [-0.1, -0.05) is 6.08 Å². The van der Waals surface area contributed by atoms with Crippen LogP contribution in [0, 0.1) is 0 Å². The Morgan fingerprint density at radius 3 is 1.60 bits per heavy atom. The number of primary amides is 1. The van der Waals surface area contributed by atoms with Crippen molar-refractivity contribution in [2.75, 3.05) is 0 Å². The zero-order valence-corrected chi connectivity index (χ0v) is 5.65. The summed E-state index contributed by atoms with van der Waals surface area (Å²) in [4.78, 5) is 17.1. The standard InChI is InChI=1S/C3H6.CH3NO.CH2O3/c1-3-2;2-1-3;2-1(3)4/h3H,1H2,2H3;1H,(H2,2,3);(H2,2,3,4). The van der Waals surface area contributed by atoms with Crippen molar-refractivity contribution in [2.45, 2.75) is 6.92 Å². The van der Waals surface area contributed by atoms with E-state index in [4.69, 9.17) is 19.8 Å². The molecular weight excluding hydrogens is 138 g/mol. The van der Waals surface area contributed by atoms with Crippen molar-refractivity contribution in [3.63, 3.8) is 0 Å².